The third kappa shape index (κ3) is 4.28. The van der Waals surface area contributed by atoms with Gasteiger partial charge in [-0.25, -0.2) is 0 Å². The lowest BCUT2D eigenvalue weighted by Crippen LogP contribution is -2.38. The molecule has 0 saturated carbocycles. The molecule has 1 unspecified atom stereocenters. The van der Waals surface area contributed by atoms with Crippen molar-refractivity contribution in [3.63, 3.8) is 0 Å². The van der Waals surface area contributed by atoms with Gasteiger partial charge in [-0.2, -0.15) is 0 Å². The SMILES string of the molecule is CCN(CC)CC(C)NCc1ccoc1Br. The highest BCUT2D eigenvalue weighted by atomic mass is 79.9. The Morgan fingerprint density at radius 2 is 2.12 bits per heavy atom. The fourth-order valence-electron chi connectivity index (χ4n) is 1.66. The number of nitrogens with one attached hydrogen (secondary N) is 1. The van der Waals surface area contributed by atoms with E-state index < -0.39 is 0 Å². The first-order valence-corrected chi connectivity index (χ1v) is 6.64. The summed E-state index contributed by atoms with van der Waals surface area (Å²) in [6.07, 6.45) is 1.70. The number of hydrogen-bond donors (Lipinski definition) is 1. The molecule has 0 aliphatic rings. The van der Waals surface area contributed by atoms with Crippen molar-refractivity contribution in [3.8, 4) is 0 Å². The van der Waals surface area contributed by atoms with Gasteiger partial charge >= 0.3 is 0 Å². The lowest BCUT2D eigenvalue weighted by Gasteiger charge is -2.23. The molecule has 1 aromatic heterocycles. The summed E-state index contributed by atoms with van der Waals surface area (Å²) in [4.78, 5) is 2.42. The Bertz CT molecular complexity index is 297. The lowest BCUT2D eigenvalue weighted by atomic mass is 10.2. The van der Waals surface area contributed by atoms with Crippen molar-refractivity contribution in [2.75, 3.05) is 19.6 Å². The van der Waals surface area contributed by atoms with Crippen molar-refractivity contribution in [2.24, 2.45) is 0 Å². The summed E-state index contributed by atoms with van der Waals surface area (Å²) >= 11 is 3.38. The second-order valence-electron chi connectivity index (χ2n) is 3.99. The van der Waals surface area contributed by atoms with Crippen LogP contribution in [0.3, 0.4) is 0 Å². The van der Waals surface area contributed by atoms with E-state index in [1.165, 1.54) is 5.56 Å². The summed E-state index contributed by atoms with van der Waals surface area (Å²) in [7, 11) is 0. The topological polar surface area (TPSA) is 28.4 Å². The first kappa shape index (κ1) is 13.7. The van der Waals surface area contributed by atoms with Crippen LogP contribution in [-0.4, -0.2) is 30.6 Å². The molecule has 0 aliphatic heterocycles. The summed E-state index contributed by atoms with van der Waals surface area (Å²) in [6.45, 7) is 10.8. The van der Waals surface area contributed by atoms with Gasteiger partial charge in [-0.3, -0.25) is 0 Å². The molecular weight excluding hydrogens is 268 g/mol. The van der Waals surface area contributed by atoms with Crippen LogP contribution in [-0.2, 0) is 6.54 Å². The highest BCUT2D eigenvalue weighted by Crippen LogP contribution is 2.17. The Hall–Kier alpha value is -0.320. The van der Waals surface area contributed by atoms with Gasteiger partial charge in [0.15, 0.2) is 4.67 Å². The Morgan fingerprint density at radius 1 is 1.44 bits per heavy atom. The summed E-state index contributed by atoms with van der Waals surface area (Å²) < 4.78 is 6.02. The van der Waals surface area contributed by atoms with Crippen molar-refractivity contribution in [3.05, 3.63) is 22.6 Å². The van der Waals surface area contributed by atoms with Gasteiger partial charge in [0.25, 0.3) is 0 Å². The molecule has 4 heteroatoms. The van der Waals surface area contributed by atoms with E-state index in [1.54, 1.807) is 6.26 Å². The molecule has 0 amide bonds. The first-order valence-electron chi connectivity index (χ1n) is 5.85. The number of rotatable bonds is 7. The van der Waals surface area contributed by atoms with Crippen molar-refractivity contribution in [2.45, 2.75) is 33.4 Å². The van der Waals surface area contributed by atoms with Crippen LogP contribution in [0.5, 0.6) is 0 Å². The van der Waals surface area contributed by atoms with E-state index in [1.807, 2.05) is 6.07 Å². The molecule has 0 radical (unpaired) electrons. The molecular formula is C12H21BrN2O. The Morgan fingerprint density at radius 3 is 2.62 bits per heavy atom. The summed E-state index contributed by atoms with van der Waals surface area (Å²) in [5.74, 6) is 0. The second-order valence-corrected chi connectivity index (χ2v) is 4.71. The maximum Gasteiger partial charge on any atom is 0.173 e. The van der Waals surface area contributed by atoms with Gasteiger partial charge in [0.1, 0.15) is 0 Å². The smallest absolute Gasteiger partial charge is 0.173 e. The molecule has 1 heterocycles. The summed E-state index contributed by atoms with van der Waals surface area (Å²) in [6, 6.07) is 2.47. The van der Waals surface area contributed by atoms with Crippen LogP contribution >= 0.6 is 15.9 Å². The van der Waals surface area contributed by atoms with Crippen LogP contribution in [0.4, 0.5) is 0 Å². The van der Waals surface area contributed by atoms with Gasteiger partial charge < -0.3 is 14.6 Å². The fourth-order valence-corrected chi connectivity index (χ4v) is 2.04. The Balaban J connectivity index is 2.30. The minimum atomic E-state index is 0.488. The molecule has 0 aliphatic carbocycles. The summed E-state index contributed by atoms with van der Waals surface area (Å²) in [5, 5.41) is 3.49. The Labute approximate surface area is 106 Å². The van der Waals surface area contributed by atoms with Crippen molar-refractivity contribution < 1.29 is 4.42 Å². The second kappa shape index (κ2) is 7.09. The van der Waals surface area contributed by atoms with Gasteiger partial charge in [-0.05, 0) is 42.0 Å². The van der Waals surface area contributed by atoms with Crippen molar-refractivity contribution in [1.29, 1.82) is 0 Å². The maximum absolute atomic E-state index is 5.19. The normalized spacial score (nSPS) is 13.3. The minimum absolute atomic E-state index is 0.488. The molecule has 0 spiro atoms. The fraction of sp³-hybridized carbons (Fsp3) is 0.667. The number of halogens is 1. The zero-order valence-corrected chi connectivity index (χ0v) is 11.9. The van der Waals surface area contributed by atoms with Crippen LogP contribution < -0.4 is 5.32 Å². The van der Waals surface area contributed by atoms with E-state index in [-0.39, 0.29) is 0 Å². The minimum Gasteiger partial charge on any atom is -0.457 e. The highest BCUT2D eigenvalue weighted by Gasteiger charge is 2.08. The highest BCUT2D eigenvalue weighted by molar-refractivity contribution is 9.10. The van der Waals surface area contributed by atoms with Gasteiger partial charge in [-0.15, -0.1) is 0 Å². The van der Waals surface area contributed by atoms with Crippen LogP contribution in [0.15, 0.2) is 21.4 Å². The molecule has 0 aromatic carbocycles. The molecule has 1 N–H and O–H groups in total. The zero-order chi connectivity index (χ0) is 12.0. The predicted octanol–water partition coefficient (Wildman–Crippen LogP) is 2.86. The third-order valence-corrected chi connectivity index (χ3v) is 3.46. The molecule has 16 heavy (non-hydrogen) atoms. The maximum atomic E-state index is 5.19. The van der Waals surface area contributed by atoms with E-state index in [0.29, 0.717) is 6.04 Å². The quantitative estimate of drug-likeness (QED) is 0.836. The molecule has 1 aromatic rings. The van der Waals surface area contributed by atoms with E-state index in [9.17, 15) is 0 Å². The number of hydrogen-bond acceptors (Lipinski definition) is 3. The third-order valence-electron chi connectivity index (χ3n) is 2.76. The zero-order valence-electron chi connectivity index (χ0n) is 10.3. The first-order chi connectivity index (χ1) is 7.67. The molecule has 92 valence electrons. The van der Waals surface area contributed by atoms with Crippen LogP contribution in [0.2, 0.25) is 0 Å². The number of likely N-dealkylation sites (N-methyl/N-ethyl adjacent to an activating group) is 1. The molecule has 0 fully saturated rings. The van der Waals surface area contributed by atoms with Crippen LogP contribution in [0, 0.1) is 0 Å². The van der Waals surface area contributed by atoms with Crippen molar-refractivity contribution in [1.82, 2.24) is 10.2 Å². The number of nitrogens with zero attached hydrogens (tertiary/aromatic N) is 1. The number of furan rings is 1. The Kier molecular flexibility index (Phi) is 6.09. The van der Waals surface area contributed by atoms with Crippen molar-refractivity contribution >= 4 is 15.9 Å². The van der Waals surface area contributed by atoms with Gasteiger partial charge in [-0.1, -0.05) is 13.8 Å². The van der Waals surface area contributed by atoms with Gasteiger partial charge in [0.05, 0.1) is 6.26 Å². The largest absolute Gasteiger partial charge is 0.457 e. The lowest BCUT2D eigenvalue weighted by molar-refractivity contribution is 0.270. The van der Waals surface area contributed by atoms with Crippen LogP contribution in [0.25, 0.3) is 0 Å². The average molecular weight is 289 g/mol. The molecule has 1 rings (SSSR count). The van der Waals surface area contributed by atoms with Gasteiger partial charge in [0.2, 0.25) is 0 Å². The molecule has 0 bridgehead atoms. The molecule has 1 atom stereocenters. The molecule has 3 nitrogen and oxygen atoms in total. The van der Waals surface area contributed by atoms with Gasteiger partial charge in [0, 0.05) is 24.7 Å². The van der Waals surface area contributed by atoms with Crippen LogP contribution in [0.1, 0.15) is 26.3 Å². The van der Waals surface area contributed by atoms with E-state index in [2.05, 4.69) is 46.9 Å². The summed E-state index contributed by atoms with van der Waals surface area (Å²) in [5.41, 5.74) is 1.17. The van der Waals surface area contributed by atoms with E-state index in [4.69, 9.17) is 4.42 Å². The molecule has 0 saturated heterocycles. The standard InChI is InChI=1S/C12H21BrN2O/c1-4-15(5-2)9-10(3)14-8-11-6-7-16-12(11)13/h6-7,10,14H,4-5,8-9H2,1-3H3. The van der Waals surface area contributed by atoms with E-state index in [0.717, 1.165) is 30.8 Å². The predicted molar refractivity (Wildman–Crippen MR) is 70.5 cm³/mol. The average Bonchev–Trinajstić information content (AvgIpc) is 2.69. The van der Waals surface area contributed by atoms with E-state index >= 15 is 0 Å². The monoisotopic (exact) mass is 288 g/mol.